The maximum Gasteiger partial charge on any atom is 0.397 e. The van der Waals surface area contributed by atoms with E-state index in [1.54, 1.807) is 0 Å². The maximum absolute atomic E-state index is 9.33. The molecule has 0 radical (unpaired) electrons. The molecule has 14 heavy (non-hydrogen) atoms. The highest BCUT2D eigenvalue weighted by molar-refractivity contribution is 7.81. The summed E-state index contributed by atoms with van der Waals surface area (Å²) in [7, 11) is -5.58. The molecule has 0 aliphatic heterocycles. The van der Waals surface area contributed by atoms with Crippen LogP contribution in [0.5, 0.6) is 0 Å². The Morgan fingerprint density at radius 2 is 0.857 bits per heavy atom. The molecule has 0 fully saturated rings. The van der Waals surface area contributed by atoms with Crippen LogP contribution in [0.15, 0.2) is 0 Å². The first kappa shape index (κ1) is 19.3. The summed E-state index contributed by atoms with van der Waals surface area (Å²) in [6, 6.07) is 0. The summed E-state index contributed by atoms with van der Waals surface area (Å²) >= 11 is 0. The van der Waals surface area contributed by atoms with Crippen molar-refractivity contribution in [3.05, 3.63) is 0 Å². The summed E-state index contributed by atoms with van der Waals surface area (Å²) in [5, 5.41) is 7.00. The summed E-state index contributed by atoms with van der Waals surface area (Å²) in [4.78, 5) is 0. The molecule has 0 amide bonds. The van der Waals surface area contributed by atoms with E-state index in [1.165, 1.54) is 0 Å². The first-order valence-electron chi connectivity index (χ1n) is 2.63. The van der Waals surface area contributed by atoms with Gasteiger partial charge in [0.1, 0.15) is 0 Å². The fraction of sp³-hybridized carbons (Fsp3) is 1.00. The standard InChI is InChI=1S/2CH4O4S.CH4O/c2*1-5-6(2,3)4;1-2/h2*1H3,(H,2,3,4);2H,1H3. The van der Waals surface area contributed by atoms with Crippen molar-refractivity contribution in [1.82, 2.24) is 0 Å². The van der Waals surface area contributed by atoms with E-state index in [4.69, 9.17) is 14.2 Å². The molecule has 0 atom stereocenters. The smallest absolute Gasteiger partial charge is 0.397 e. The Labute approximate surface area is 82.2 Å². The lowest BCUT2D eigenvalue weighted by Gasteiger charge is -1.82. The monoisotopic (exact) mass is 256 g/mol. The molecule has 0 spiro atoms. The van der Waals surface area contributed by atoms with Crippen molar-refractivity contribution in [2.45, 2.75) is 0 Å². The number of aliphatic hydroxyl groups excluding tert-OH is 1. The van der Waals surface area contributed by atoms with E-state index in [0.29, 0.717) is 0 Å². The summed E-state index contributed by atoms with van der Waals surface area (Å²) in [6.45, 7) is 0. The SMILES string of the molecule is CO.COS(=O)(=O)O.COS(=O)(=O)O. The van der Waals surface area contributed by atoms with Gasteiger partial charge in [-0.3, -0.25) is 17.5 Å². The van der Waals surface area contributed by atoms with Crippen LogP contribution in [0.1, 0.15) is 0 Å². The summed E-state index contributed by atoms with van der Waals surface area (Å²) in [5.74, 6) is 0. The molecule has 90 valence electrons. The third-order valence-corrected chi connectivity index (χ3v) is 1.26. The van der Waals surface area contributed by atoms with Crippen molar-refractivity contribution >= 4 is 20.8 Å². The van der Waals surface area contributed by atoms with E-state index in [-0.39, 0.29) is 0 Å². The first-order chi connectivity index (χ1) is 6.12. The second-order valence-corrected chi connectivity index (χ2v) is 3.57. The van der Waals surface area contributed by atoms with Crippen molar-refractivity contribution in [3.63, 3.8) is 0 Å². The second kappa shape index (κ2) is 9.26. The van der Waals surface area contributed by atoms with Crippen LogP contribution < -0.4 is 0 Å². The van der Waals surface area contributed by atoms with Crippen molar-refractivity contribution in [2.75, 3.05) is 21.3 Å². The Morgan fingerprint density at radius 3 is 0.857 bits per heavy atom. The van der Waals surface area contributed by atoms with Crippen molar-refractivity contribution in [2.24, 2.45) is 0 Å². The van der Waals surface area contributed by atoms with Crippen molar-refractivity contribution in [3.8, 4) is 0 Å². The Bertz CT molecular complexity index is 254. The second-order valence-electron chi connectivity index (χ2n) is 1.19. The fourth-order valence-corrected chi connectivity index (χ4v) is 0. The van der Waals surface area contributed by atoms with Gasteiger partial charge in [-0.2, -0.15) is 16.8 Å². The van der Waals surface area contributed by atoms with E-state index in [0.717, 1.165) is 21.3 Å². The van der Waals surface area contributed by atoms with E-state index < -0.39 is 20.8 Å². The van der Waals surface area contributed by atoms with Crippen LogP contribution >= 0.6 is 0 Å². The van der Waals surface area contributed by atoms with Gasteiger partial charge in [-0.1, -0.05) is 0 Å². The maximum atomic E-state index is 9.33. The summed E-state index contributed by atoms with van der Waals surface area (Å²) < 4.78 is 59.4. The van der Waals surface area contributed by atoms with Gasteiger partial charge in [0.15, 0.2) is 0 Å². The molecule has 11 heteroatoms. The molecular formula is C3H12O9S2. The Hall–Kier alpha value is -0.300. The molecule has 0 aromatic carbocycles. The summed E-state index contributed by atoms with van der Waals surface area (Å²) in [6.07, 6.45) is 0. The molecule has 0 aliphatic carbocycles. The average molecular weight is 256 g/mol. The number of rotatable bonds is 2. The molecule has 0 unspecified atom stereocenters. The van der Waals surface area contributed by atoms with Gasteiger partial charge < -0.3 is 5.11 Å². The molecule has 0 saturated carbocycles. The Kier molecular flexibility index (Phi) is 12.8. The topological polar surface area (TPSA) is 147 Å². The molecular weight excluding hydrogens is 244 g/mol. The number of aliphatic hydroxyl groups is 1. The first-order valence-corrected chi connectivity index (χ1v) is 5.36. The van der Waals surface area contributed by atoms with Gasteiger partial charge >= 0.3 is 20.8 Å². The lowest BCUT2D eigenvalue weighted by atomic mass is 11.8. The van der Waals surface area contributed by atoms with Crippen molar-refractivity contribution in [1.29, 1.82) is 0 Å². The Morgan fingerprint density at radius 1 is 0.786 bits per heavy atom. The van der Waals surface area contributed by atoms with Crippen LogP contribution in [0.2, 0.25) is 0 Å². The third kappa shape index (κ3) is 41.2. The highest BCUT2D eigenvalue weighted by Gasteiger charge is 1.94. The predicted molar refractivity (Wildman–Crippen MR) is 45.3 cm³/mol. The van der Waals surface area contributed by atoms with E-state index in [1.807, 2.05) is 0 Å². The molecule has 0 bridgehead atoms. The van der Waals surface area contributed by atoms with Crippen LogP contribution in [-0.2, 0) is 29.2 Å². The largest absolute Gasteiger partial charge is 0.400 e. The lowest BCUT2D eigenvalue weighted by molar-refractivity contribution is 0.323. The average Bonchev–Trinajstić information content (AvgIpc) is 2.07. The predicted octanol–water partition coefficient (Wildman–Crippen LogP) is -1.52. The molecule has 3 N–H and O–H groups in total. The van der Waals surface area contributed by atoms with Crippen molar-refractivity contribution < 1.29 is 39.4 Å². The number of hydrogen-bond acceptors (Lipinski definition) is 7. The highest BCUT2D eigenvalue weighted by Crippen LogP contribution is 1.75. The highest BCUT2D eigenvalue weighted by atomic mass is 32.3. The van der Waals surface area contributed by atoms with Crippen LogP contribution in [0.4, 0.5) is 0 Å². The fourth-order valence-electron chi connectivity index (χ4n) is 0. The summed E-state index contributed by atoms with van der Waals surface area (Å²) in [5.41, 5.74) is 0. The van der Waals surface area contributed by atoms with Gasteiger partial charge in [-0.05, 0) is 0 Å². The van der Waals surface area contributed by atoms with E-state index in [9.17, 15) is 16.8 Å². The van der Waals surface area contributed by atoms with Crippen LogP contribution in [-0.4, -0.2) is 52.4 Å². The molecule has 0 aromatic rings. The van der Waals surface area contributed by atoms with Crippen LogP contribution in [0.25, 0.3) is 0 Å². The minimum absolute atomic E-state index is 0.870. The molecule has 0 aromatic heterocycles. The molecule has 0 saturated heterocycles. The van der Waals surface area contributed by atoms with Gasteiger partial charge in [-0.15, -0.1) is 0 Å². The molecule has 0 heterocycles. The van der Waals surface area contributed by atoms with Crippen LogP contribution in [0, 0.1) is 0 Å². The minimum Gasteiger partial charge on any atom is -0.400 e. The number of hydrogen-bond donors (Lipinski definition) is 3. The van der Waals surface area contributed by atoms with E-state index in [2.05, 4.69) is 8.37 Å². The quantitative estimate of drug-likeness (QED) is 0.501. The van der Waals surface area contributed by atoms with Gasteiger partial charge in [0.2, 0.25) is 0 Å². The molecule has 0 rings (SSSR count). The minimum atomic E-state index is -4.16. The zero-order valence-electron chi connectivity index (χ0n) is 7.61. The third-order valence-electron chi connectivity index (χ3n) is 0.421. The van der Waals surface area contributed by atoms with Gasteiger partial charge in [0, 0.05) is 7.11 Å². The zero-order valence-corrected chi connectivity index (χ0v) is 9.24. The van der Waals surface area contributed by atoms with Gasteiger partial charge in [-0.25, -0.2) is 0 Å². The molecule has 9 nitrogen and oxygen atoms in total. The van der Waals surface area contributed by atoms with E-state index >= 15 is 0 Å². The van der Waals surface area contributed by atoms with Crippen LogP contribution in [0.3, 0.4) is 0 Å². The van der Waals surface area contributed by atoms with Gasteiger partial charge in [0.25, 0.3) is 0 Å². The Balaban J connectivity index is -0.000000147. The van der Waals surface area contributed by atoms with Gasteiger partial charge in [0.05, 0.1) is 14.2 Å². The molecule has 0 aliphatic rings. The zero-order chi connectivity index (χ0) is 12.4. The normalized spacial score (nSPS) is 10.4. The lowest BCUT2D eigenvalue weighted by Crippen LogP contribution is -1.96.